The summed E-state index contributed by atoms with van der Waals surface area (Å²) < 4.78 is 28.9. The van der Waals surface area contributed by atoms with E-state index in [1.807, 2.05) is 0 Å². The van der Waals surface area contributed by atoms with Gasteiger partial charge in [-0.15, -0.1) is 0 Å². The highest BCUT2D eigenvalue weighted by Gasteiger charge is 2.23. The van der Waals surface area contributed by atoms with E-state index in [1.54, 1.807) is 0 Å². The van der Waals surface area contributed by atoms with E-state index < -0.39 is 26.7 Å². The molecule has 94 valence electrons. The molecular weight excluding hydrogens is 280 g/mol. The van der Waals surface area contributed by atoms with Crippen LogP contribution in [-0.2, 0) is 9.84 Å². The Morgan fingerprint density at radius 1 is 1.11 bits per heavy atom. The molecule has 0 aliphatic carbocycles. The molecule has 0 atom stereocenters. The number of benzene rings is 1. The van der Waals surface area contributed by atoms with Crippen LogP contribution in [0.3, 0.4) is 0 Å². The molecule has 2 rings (SSSR count). The van der Waals surface area contributed by atoms with Gasteiger partial charge < -0.3 is 9.52 Å². The second-order valence-electron chi connectivity index (χ2n) is 3.38. The Morgan fingerprint density at radius 2 is 1.72 bits per heavy atom. The number of hydrogen-bond donors (Lipinski definition) is 1. The fourth-order valence-electron chi connectivity index (χ4n) is 1.31. The van der Waals surface area contributed by atoms with Crippen LogP contribution in [0.2, 0.25) is 5.02 Å². The average Bonchev–Trinajstić information content (AvgIpc) is 2.79. The molecule has 0 saturated carbocycles. The van der Waals surface area contributed by atoms with Crippen molar-refractivity contribution in [3.05, 3.63) is 47.2 Å². The van der Waals surface area contributed by atoms with Crippen molar-refractivity contribution in [2.45, 2.75) is 9.99 Å². The molecule has 1 N–H and O–H groups in total. The highest BCUT2D eigenvalue weighted by Crippen LogP contribution is 2.24. The Morgan fingerprint density at radius 3 is 2.22 bits per heavy atom. The van der Waals surface area contributed by atoms with Gasteiger partial charge in [0.05, 0.1) is 4.90 Å². The summed E-state index contributed by atoms with van der Waals surface area (Å²) in [6.07, 6.45) is 0. The Kier molecular flexibility index (Phi) is 3.14. The third kappa shape index (κ3) is 2.25. The van der Waals surface area contributed by atoms with Gasteiger partial charge in [-0.25, -0.2) is 13.2 Å². The summed E-state index contributed by atoms with van der Waals surface area (Å²) >= 11 is 5.66. The maximum Gasteiger partial charge on any atom is 0.371 e. The largest absolute Gasteiger partial charge is 0.475 e. The van der Waals surface area contributed by atoms with E-state index in [2.05, 4.69) is 0 Å². The van der Waals surface area contributed by atoms with Crippen LogP contribution in [0.25, 0.3) is 0 Å². The lowest BCUT2D eigenvalue weighted by molar-refractivity contribution is 0.0656. The van der Waals surface area contributed by atoms with Gasteiger partial charge in [0.2, 0.25) is 20.7 Å². The molecule has 0 aliphatic rings. The molecule has 0 bridgehead atoms. The Labute approximate surface area is 108 Å². The topological polar surface area (TPSA) is 84.6 Å². The number of furan rings is 1. The predicted octanol–water partition coefficient (Wildman–Crippen LogP) is 2.46. The van der Waals surface area contributed by atoms with Crippen LogP contribution >= 0.6 is 11.6 Å². The van der Waals surface area contributed by atoms with Gasteiger partial charge >= 0.3 is 5.97 Å². The van der Waals surface area contributed by atoms with Crippen LogP contribution in [0, 0.1) is 0 Å². The number of carbonyl (C=O) groups is 1. The van der Waals surface area contributed by atoms with E-state index in [0.29, 0.717) is 5.02 Å². The van der Waals surface area contributed by atoms with Gasteiger partial charge in [-0.05, 0) is 36.4 Å². The molecule has 1 aromatic heterocycles. The minimum atomic E-state index is -3.86. The van der Waals surface area contributed by atoms with Gasteiger partial charge in [-0.3, -0.25) is 0 Å². The first-order valence-corrected chi connectivity index (χ1v) is 6.61. The zero-order chi connectivity index (χ0) is 13.3. The summed E-state index contributed by atoms with van der Waals surface area (Å²) in [7, 11) is -3.86. The average molecular weight is 287 g/mol. The van der Waals surface area contributed by atoms with Crippen LogP contribution in [0.4, 0.5) is 0 Å². The Hall–Kier alpha value is -1.79. The van der Waals surface area contributed by atoms with Crippen LogP contribution in [0.1, 0.15) is 10.6 Å². The molecule has 1 heterocycles. The third-order valence-electron chi connectivity index (χ3n) is 2.18. The summed E-state index contributed by atoms with van der Waals surface area (Å²) in [5.41, 5.74) is 0. The summed E-state index contributed by atoms with van der Waals surface area (Å²) in [6, 6.07) is 7.69. The van der Waals surface area contributed by atoms with Crippen molar-refractivity contribution in [2.75, 3.05) is 0 Å². The molecule has 0 fully saturated rings. The SMILES string of the molecule is O=C(O)c1ccc(S(=O)(=O)c2ccc(Cl)cc2)o1. The van der Waals surface area contributed by atoms with E-state index in [4.69, 9.17) is 21.1 Å². The lowest BCUT2D eigenvalue weighted by Crippen LogP contribution is -2.00. The number of halogens is 1. The molecule has 0 amide bonds. The molecule has 0 saturated heterocycles. The number of rotatable bonds is 3. The molecule has 0 aliphatic heterocycles. The van der Waals surface area contributed by atoms with Crippen LogP contribution in [0.15, 0.2) is 50.8 Å². The zero-order valence-electron chi connectivity index (χ0n) is 8.83. The normalized spacial score (nSPS) is 11.4. The standard InChI is InChI=1S/C11H7ClO5S/c12-7-1-3-8(4-2-7)18(15,16)10-6-5-9(17-10)11(13)14/h1-6H,(H,13,14). The van der Waals surface area contributed by atoms with Crippen molar-refractivity contribution in [1.29, 1.82) is 0 Å². The second kappa shape index (κ2) is 4.47. The fourth-order valence-corrected chi connectivity index (χ4v) is 2.61. The van der Waals surface area contributed by atoms with Gasteiger partial charge in [0, 0.05) is 5.02 Å². The third-order valence-corrected chi connectivity index (χ3v) is 4.07. The first-order chi connectivity index (χ1) is 8.41. The highest BCUT2D eigenvalue weighted by atomic mass is 35.5. The fraction of sp³-hybridized carbons (Fsp3) is 0. The van der Waals surface area contributed by atoms with Crippen molar-refractivity contribution in [3.8, 4) is 0 Å². The number of sulfone groups is 1. The van der Waals surface area contributed by atoms with Crippen LogP contribution in [-0.4, -0.2) is 19.5 Å². The van der Waals surface area contributed by atoms with Crippen LogP contribution < -0.4 is 0 Å². The second-order valence-corrected chi connectivity index (χ2v) is 5.70. The first-order valence-electron chi connectivity index (χ1n) is 4.75. The van der Waals surface area contributed by atoms with Crippen molar-refractivity contribution < 1.29 is 22.7 Å². The molecule has 0 spiro atoms. The summed E-state index contributed by atoms with van der Waals surface area (Å²) in [5, 5.41) is 8.65. The molecule has 2 aromatic rings. The lowest BCUT2D eigenvalue weighted by atomic mass is 10.4. The molecule has 5 nitrogen and oxygen atoms in total. The smallest absolute Gasteiger partial charge is 0.371 e. The molecule has 0 unspecified atom stereocenters. The summed E-state index contributed by atoms with van der Waals surface area (Å²) in [5.74, 6) is -1.75. The number of aromatic carboxylic acids is 1. The zero-order valence-corrected chi connectivity index (χ0v) is 10.4. The minimum Gasteiger partial charge on any atom is -0.475 e. The minimum absolute atomic E-state index is 0.0156. The molecule has 7 heteroatoms. The van der Waals surface area contributed by atoms with Gasteiger partial charge in [-0.2, -0.15) is 0 Å². The molecule has 1 aromatic carbocycles. The van der Waals surface area contributed by atoms with E-state index in [1.165, 1.54) is 24.3 Å². The van der Waals surface area contributed by atoms with Crippen molar-refractivity contribution in [2.24, 2.45) is 0 Å². The summed E-state index contributed by atoms with van der Waals surface area (Å²) in [6.45, 7) is 0. The van der Waals surface area contributed by atoms with E-state index in [9.17, 15) is 13.2 Å². The van der Waals surface area contributed by atoms with Gasteiger partial charge in [0.1, 0.15) is 0 Å². The van der Waals surface area contributed by atoms with E-state index in [-0.39, 0.29) is 4.90 Å². The molecular formula is C11H7ClO5S. The van der Waals surface area contributed by atoms with Crippen LogP contribution in [0.5, 0.6) is 0 Å². The maximum atomic E-state index is 12.1. The first kappa shape index (κ1) is 12.7. The van der Waals surface area contributed by atoms with Gasteiger partial charge in [0.15, 0.2) is 0 Å². The number of hydrogen-bond acceptors (Lipinski definition) is 4. The monoisotopic (exact) mass is 286 g/mol. The van der Waals surface area contributed by atoms with Crippen molar-refractivity contribution >= 4 is 27.4 Å². The number of carboxylic acid groups (broad SMARTS) is 1. The maximum absolute atomic E-state index is 12.1. The summed E-state index contributed by atoms with van der Waals surface area (Å²) in [4.78, 5) is 10.6. The van der Waals surface area contributed by atoms with Crippen molar-refractivity contribution in [3.63, 3.8) is 0 Å². The van der Waals surface area contributed by atoms with Gasteiger partial charge in [0.25, 0.3) is 0 Å². The number of carboxylic acids is 1. The Bertz CT molecular complexity index is 684. The molecule has 0 radical (unpaired) electrons. The predicted molar refractivity (Wildman–Crippen MR) is 62.6 cm³/mol. The quantitative estimate of drug-likeness (QED) is 0.937. The Balaban J connectivity index is 2.47. The van der Waals surface area contributed by atoms with E-state index >= 15 is 0 Å². The van der Waals surface area contributed by atoms with Crippen molar-refractivity contribution in [1.82, 2.24) is 0 Å². The van der Waals surface area contributed by atoms with Gasteiger partial charge in [-0.1, -0.05) is 11.6 Å². The molecule has 18 heavy (non-hydrogen) atoms. The highest BCUT2D eigenvalue weighted by molar-refractivity contribution is 7.91. The van der Waals surface area contributed by atoms with E-state index in [0.717, 1.165) is 12.1 Å². The lowest BCUT2D eigenvalue weighted by Gasteiger charge is -2.00.